The molecule has 5 heteroatoms. The van der Waals surface area contributed by atoms with Gasteiger partial charge in [-0.3, -0.25) is 4.68 Å². The Morgan fingerprint density at radius 2 is 2.19 bits per heavy atom. The molecule has 1 fully saturated rings. The standard InChI is InChI=1S/C21H31N3OS/c1-15(2)26-14-18-7-5-9-19(16(18)3)22-13-17-8-6-12-25-21(17)20-10-11-23-24(20)4/h5,7,9-11,15,17,21-22H,6,8,12-14H2,1-4H3/t17-,21+/m0/s1. The molecule has 0 radical (unpaired) electrons. The van der Waals surface area contributed by atoms with Crippen LogP contribution in [0.25, 0.3) is 0 Å². The van der Waals surface area contributed by atoms with E-state index in [2.05, 4.69) is 55.5 Å². The molecule has 0 spiro atoms. The van der Waals surface area contributed by atoms with E-state index < -0.39 is 0 Å². The lowest BCUT2D eigenvalue weighted by Gasteiger charge is -2.32. The van der Waals surface area contributed by atoms with Crippen LogP contribution in [0.2, 0.25) is 0 Å². The van der Waals surface area contributed by atoms with Crippen LogP contribution in [-0.2, 0) is 17.5 Å². The molecular weight excluding hydrogens is 342 g/mol. The number of thioether (sulfide) groups is 1. The van der Waals surface area contributed by atoms with Crippen LogP contribution in [0.3, 0.4) is 0 Å². The molecule has 0 aliphatic carbocycles. The number of rotatable bonds is 7. The summed E-state index contributed by atoms with van der Waals surface area (Å²) in [7, 11) is 2.00. The van der Waals surface area contributed by atoms with E-state index in [0.717, 1.165) is 25.3 Å². The molecule has 1 aromatic heterocycles. The maximum Gasteiger partial charge on any atom is 0.104 e. The SMILES string of the molecule is Cc1c(CSC(C)C)cccc1NC[C@@H]1CCCO[C@H]1c1ccnn1C. The maximum atomic E-state index is 6.12. The van der Waals surface area contributed by atoms with Gasteiger partial charge in [-0.25, -0.2) is 0 Å². The van der Waals surface area contributed by atoms with Crippen LogP contribution in [0.15, 0.2) is 30.5 Å². The van der Waals surface area contributed by atoms with Gasteiger partial charge in [-0.15, -0.1) is 0 Å². The van der Waals surface area contributed by atoms with Crippen LogP contribution in [0.5, 0.6) is 0 Å². The van der Waals surface area contributed by atoms with Gasteiger partial charge < -0.3 is 10.1 Å². The Morgan fingerprint density at radius 1 is 1.35 bits per heavy atom. The summed E-state index contributed by atoms with van der Waals surface area (Å²) in [6.45, 7) is 8.51. The van der Waals surface area contributed by atoms with Crippen molar-refractivity contribution in [3.63, 3.8) is 0 Å². The van der Waals surface area contributed by atoms with Gasteiger partial charge in [-0.2, -0.15) is 16.9 Å². The van der Waals surface area contributed by atoms with Crippen molar-refractivity contribution in [3.8, 4) is 0 Å². The van der Waals surface area contributed by atoms with Gasteiger partial charge in [-0.1, -0.05) is 26.0 Å². The van der Waals surface area contributed by atoms with E-state index in [-0.39, 0.29) is 6.10 Å². The fourth-order valence-electron chi connectivity index (χ4n) is 3.57. The zero-order chi connectivity index (χ0) is 18.5. The molecule has 3 rings (SSSR count). The highest BCUT2D eigenvalue weighted by atomic mass is 32.2. The summed E-state index contributed by atoms with van der Waals surface area (Å²) in [5.74, 6) is 1.54. The highest BCUT2D eigenvalue weighted by Gasteiger charge is 2.29. The fourth-order valence-corrected chi connectivity index (χ4v) is 4.40. The highest BCUT2D eigenvalue weighted by Crippen LogP contribution is 2.34. The van der Waals surface area contributed by atoms with Crippen LogP contribution in [0.1, 0.15) is 49.6 Å². The van der Waals surface area contributed by atoms with Crippen molar-refractivity contribution in [2.75, 3.05) is 18.5 Å². The Balaban J connectivity index is 1.67. The Labute approximate surface area is 161 Å². The first-order chi connectivity index (χ1) is 12.6. The van der Waals surface area contributed by atoms with Gasteiger partial charge in [0.05, 0.1) is 5.69 Å². The molecule has 2 atom stereocenters. The van der Waals surface area contributed by atoms with E-state index in [9.17, 15) is 0 Å². The van der Waals surface area contributed by atoms with E-state index in [4.69, 9.17) is 4.74 Å². The van der Waals surface area contributed by atoms with Gasteiger partial charge in [0.15, 0.2) is 0 Å². The number of hydrogen-bond acceptors (Lipinski definition) is 4. The largest absolute Gasteiger partial charge is 0.384 e. The minimum absolute atomic E-state index is 0.128. The van der Waals surface area contributed by atoms with Gasteiger partial charge >= 0.3 is 0 Å². The summed E-state index contributed by atoms with van der Waals surface area (Å²) < 4.78 is 8.06. The van der Waals surface area contributed by atoms with Gasteiger partial charge in [-0.05, 0) is 48.3 Å². The maximum absolute atomic E-state index is 6.12. The molecule has 1 aliphatic rings. The summed E-state index contributed by atoms with van der Waals surface area (Å²) in [4.78, 5) is 0. The molecular formula is C21H31N3OS. The molecule has 1 saturated heterocycles. The molecule has 2 aromatic rings. The van der Waals surface area contributed by atoms with E-state index in [1.165, 1.54) is 28.9 Å². The quantitative estimate of drug-likeness (QED) is 0.745. The van der Waals surface area contributed by atoms with Crippen molar-refractivity contribution >= 4 is 17.4 Å². The van der Waals surface area contributed by atoms with E-state index in [0.29, 0.717) is 11.2 Å². The molecule has 0 amide bonds. The van der Waals surface area contributed by atoms with Gasteiger partial charge in [0.25, 0.3) is 0 Å². The number of hydrogen-bond donors (Lipinski definition) is 1. The van der Waals surface area contributed by atoms with Crippen molar-refractivity contribution < 1.29 is 4.74 Å². The van der Waals surface area contributed by atoms with Crippen molar-refractivity contribution in [1.29, 1.82) is 0 Å². The third-order valence-corrected chi connectivity index (χ3v) is 6.31. The number of nitrogens with zero attached hydrogens (tertiary/aromatic N) is 2. The molecule has 1 N–H and O–H groups in total. The number of ether oxygens (including phenoxy) is 1. The molecule has 1 aliphatic heterocycles. The Hall–Kier alpha value is -1.46. The minimum atomic E-state index is 0.128. The summed E-state index contributed by atoms with van der Waals surface area (Å²) in [5, 5.41) is 8.68. The zero-order valence-electron chi connectivity index (χ0n) is 16.4. The zero-order valence-corrected chi connectivity index (χ0v) is 17.2. The molecule has 0 unspecified atom stereocenters. The number of nitrogens with one attached hydrogen (secondary N) is 1. The molecule has 4 nitrogen and oxygen atoms in total. The summed E-state index contributed by atoms with van der Waals surface area (Å²) in [6.07, 6.45) is 4.30. The average molecular weight is 374 g/mol. The third kappa shape index (κ3) is 4.63. The van der Waals surface area contributed by atoms with E-state index >= 15 is 0 Å². The highest BCUT2D eigenvalue weighted by molar-refractivity contribution is 7.99. The van der Waals surface area contributed by atoms with Crippen molar-refractivity contribution in [2.45, 2.75) is 50.7 Å². The molecule has 142 valence electrons. The monoisotopic (exact) mass is 373 g/mol. The van der Waals surface area contributed by atoms with Gasteiger partial charge in [0.1, 0.15) is 6.10 Å². The molecule has 0 bridgehead atoms. The molecule has 26 heavy (non-hydrogen) atoms. The van der Waals surface area contributed by atoms with Crippen molar-refractivity contribution in [3.05, 3.63) is 47.3 Å². The average Bonchev–Trinajstić information content (AvgIpc) is 3.06. The van der Waals surface area contributed by atoms with Gasteiger partial charge in [0, 0.05) is 43.8 Å². The predicted molar refractivity (Wildman–Crippen MR) is 111 cm³/mol. The summed E-state index contributed by atoms with van der Waals surface area (Å²) in [5.41, 5.74) is 5.22. The molecule has 2 heterocycles. The Morgan fingerprint density at radius 3 is 2.92 bits per heavy atom. The minimum Gasteiger partial charge on any atom is -0.384 e. The molecule has 1 aromatic carbocycles. The van der Waals surface area contributed by atoms with Gasteiger partial charge in [0.2, 0.25) is 0 Å². The number of aromatic nitrogens is 2. The van der Waals surface area contributed by atoms with E-state index in [1.807, 2.05) is 29.7 Å². The number of benzene rings is 1. The summed E-state index contributed by atoms with van der Waals surface area (Å²) >= 11 is 2.00. The lowest BCUT2D eigenvalue weighted by Crippen LogP contribution is -2.29. The molecule has 0 saturated carbocycles. The Kier molecular flexibility index (Phi) is 6.65. The van der Waals surface area contributed by atoms with Crippen LogP contribution >= 0.6 is 11.8 Å². The lowest BCUT2D eigenvalue weighted by atomic mass is 9.91. The van der Waals surface area contributed by atoms with Crippen molar-refractivity contribution in [2.24, 2.45) is 13.0 Å². The van der Waals surface area contributed by atoms with Crippen LogP contribution < -0.4 is 5.32 Å². The van der Waals surface area contributed by atoms with Crippen LogP contribution in [-0.4, -0.2) is 28.2 Å². The third-order valence-electron chi connectivity index (χ3n) is 5.17. The van der Waals surface area contributed by atoms with Crippen molar-refractivity contribution in [1.82, 2.24) is 9.78 Å². The number of aryl methyl sites for hydroxylation is 1. The smallest absolute Gasteiger partial charge is 0.104 e. The Bertz CT molecular complexity index is 713. The number of anilines is 1. The fraction of sp³-hybridized carbons (Fsp3) is 0.571. The topological polar surface area (TPSA) is 39.1 Å². The second kappa shape index (κ2) is 8.96. The first-order valence-corrected chi connectivity index (χ1v) is 10.6. The second-order valence-electron chi connectivity index (χ2n) is 7.40. The predicted octanol–water partition coefficient (Wildman–Crippen LogP) is 4.95. The lowest BCUT2D eigenvalue weighted by molar-refractivity contribution is -0.0284. The van der Waals surface area contributed by atoms with E-state index in [1.54, 1.807) is 0 Å². The summed E-state index contributed by atoms with van der Waals surface area (Å²) in [6, 6.07) is 8.69. The van der Waals surface area contributed by atoms with Crippen LogP contribution in [0.4, 0.5) is 5.69 Å². The normalized spacial score (nSPS) is 20.5. The van der Waals surface area contributed by atoms with Crippen LogP contribution in [0, 0.1) is 12.8 Å². The second-order valence-corrected chi connectivity index (χ2v) is 8.97. The first-order valence-electron chi connectivity index (χ1n) is 9.59. The first kappa shape index (κ1) is 19.3.